The molecule has 1 aromatic carbocycles. The summed E-state index contributed by atoms with van der Waals surface area (Å²) in [6, 6.07) is 4.35. The van der Waals surface area contributed by atoms with Gasteiger partial charge < -0.3 is 15.0 Å². The number of benzene rings is 1. The first-order valence-corrected chi connectivity index (χ1v) is 10.5. The summed E-state index contributed by atoms with van der Waals surface area (Å²) in [6.07, 6.45) is 1.51. The summed E-state index contributed by atoms with van der Waals surface area (Å²) in [6.45, 7) is 4.02. The van der Waals surface area contributed by atoms with E-state index in [2.05, 4.69) is 10.1 Å². The molecule has 2 saturated heterocycles. The summed E-state index contributed by atoms with van der Waals surface area (Å²) in [4.78, 5) is 25.8. The van der Waals surface area contributed by atoms with E-state index in [1.807, 2.05) is 0 Å². The zero-order valence-electron chi connectivity index (χ0n) is 15.6. The number of aryl methyl sites for hydroxylation is 1. The lowest BCUT2D eigenvalue weighted by Gasteiger charge is -2.40. The molecule has 2 aliphatic heterocycles. The van der Waals surface area contributed by atoms with Crippen LogP contribution < -0.4 is 5.32 Å². The number of piperazine rings is 1. The molecule has 0 aliphatic carbocycles. The molecule has 1 amide bonds. The molecule has 0 radical (unpaired) electrons. The molecule has 3 rings (SSSR count). The van der Waals surface area contributed by atoms with Gasteiger partial charge in [0.2, 0.25) is 15.9 Å². The third kappa shape index (κ3) is 3.99. The summed E-state index contributed by atoms with van der Waals surface area (Å²) in [5.41, 5.74) is 0.815. The predicted octanol–water partition coefficient (Wildman–Crippen LogP) is 0.367. The Bertz CT molecular complexity index is 839. The second kappa shape index (κ2) is 7.95. The molecule has 1 unspecified atom stereocenters. The van der Waals surface area contributed by atoms with Crippen molar-refractivity contribution in [1.82, 2.24) is 14.5 Å². The normalized spacial score (nSPS) is 21.9. The molecule has 0 saturated carbocycles. The van der Waals surface area contributed by atoms with Crippen LogP contribution in [0.1, 0.15) is 28.8 Å². The molecule has 2 fully saturated rings. The smallest absolute Gasteiger partial charge is 0.337 e. The van der Waals surface area contributed by atoms with Crippen molar-refractivity contribution in [1.29, 1.82) is 0 Å². The first-order chi connectivity index (χ1) is 12.8. The molecule has 0 spiro atoms. The number of hydrogen-bond acceptors (Lipinski definition) is 6. The highest BCUT2D eigenvalue weighted by atomic mass is 32.2. The van der Waals surface area contributed by atoms with E-state index in [9.17, 15) is 18.0 Å². The number of ether oxygens (including phenoxy) is 1. The second-order valence-corrected chi connectivity index (χ2v) is 8.80. The van der Waals surface area contributed by atoms with Crippen LogP contribution in [0.3, 0.4) is 0 Å². The van der Waals surface area contributed by atoms with Crippen LogP contribution in [0, 0.1) is 6.92 Å². The number of amides is 1. The summed E-state index contributed by atoms with van der Waals surface area (Å²) in [5, 5.41) is 3.04. The van der Waals surface area contributed by atoms with Gasteiger partial charge in [0.05, 0.1) is 24.1 Å². The van der Waals surface area contributed by atoms with E-state index in [0.717, 1.165) is 13.0 Å². The average Bonchev–Trinajstić information content (AvgIpc) is 2.67. The number of carbonyl (C=O) groups excluding carboxylic acids is 2. The number of carbonyl (C=O) groups is 2. The maximum Gasteiger partial charge on any atom is 0.337 e. The maximum absolute atomic E-state index is 13.2. The Hall–Kier alpha value is -1.97. The Morgan fingerprint density at radius 3 is 2.74 bits per heavy atom. The van der Waals surface area contributed by atoms with Gasteiger partial charge in [0, 0.05) is 32.2 Å². The van der Waals surface area contributed by atoms with Crippen molar-refractivity contribution in [3.8, 4) is 0 Å². The third-order valence-corrected chi connectivity index (χ3v) is 7.17. The molecule has 8 nitrogen and oxygen atoms in total. The minimum absolute atomic E-state index is 0.0177. The number of methoxy groups -OCH3 is 1. The summed E-state index contributed by atoms with van der Waals surface area (Å²) in [7, 11) is -2.42. The van der Waals surface area contributed by atoms with E-state index in [0.29, 0.717) is 43.7 Å². The Morgan fingerprint density at radius 2 is 2.07 bits per heavy atom. The zero-order chi connectivity index (χ0) is 19.6. The Labute approximate surface area is 159 Å². The van der Waals surface area contributed by atoms with E-state index >= 15 is 0 Å². The first kappa shape index (κ1) is 19.8. The third-order valence-electron chi connectivity index (χ3n) is 5.14. The minimum atomic E-state index is -3.70. The monoisotopic (exact) mass is 395 g/mol. The van der Waals surface area contributed by atoms with Crippen LogP contribution in [-0.2, 0) is 19.6 Å². The molecule has 1 N–H and O–H groups in total. The number of esters is 1. The maximum atomic E-state index is 13.2. The Kier molecular flexibility index (Phi) is 5.83. The van der Waals surface area contributed by atoms with Crippen LogP contribution in [-0.4, -0.2) is 75.4 Å². The van der Waals surface area contributed by atoms with Crippen molar-refractivity contribution in [2.24, 2.45) is 0 Å². The van der Waals surface area contributed by atoms with Crippen LogP contribution in [0.2, 0.25) is 0 Å². The lowest BCUT2D eigenvalue weighted by molar-refractivity contribution is -0.135. The van der Waals surface area contributed by atoms with E-state index in [-0.39, 0.29) is 16.8 Å². The number of hydrogen-bond donors (Lipinski definition) is 1. The SMILES string of the molecule is COC(=O)c1ccc(S(=O)(=O)N2CCCC(N3CCNCC3=O)C2)c(C)c1. The van der Waals surface area contributed by atoms with Crippen LogP contribution >= 0.6 is 0 Å². The van der Waals surface area contributed by atoms with Crippen LogP contribution in [0.5, 0.6) is 0 Å². The van der Waals surface area contributed by atoms with Gasteiger partial charge in [-0.25, -0.2) is 13.2 Å². The fourth-order valence-corrected chi connectivity index (χ4v) is 5.45. The molecule has 2 heterocycles. The highest BCUT2D eigenvalue weighted by molar-refractivity contribution is 7.89. The lowest BCUT2D eigenvalue weighted by atomic mass is 10.1. The van der Waals surface area contributed by atoms with Crippen molar-refractivity contribution < 1.29 is 22.7 Å². The van der Waals surface area contributed by atoms with Gasteiger partial charge in [0.15, 0.2) is 0 Å². The predicted molar refractivity (Wildman–Crippen MR) is 98.9 cm³/mol. The second-order valence-electron chi connectivity index (χ2n) is 6.89. The lowest BCUT2D eigenvalue weighted by Crippen LogP contribution is -2.57. The highest BCUT2D eigenvalue weighted by Gasteiger charge is 2.35. The van der Waals surface area contributed by atoms with Gasteiger partial charge in [-0.2, -0.15) is 4.31 Å². The zero-order valence-corrected chi connectivity index (χ0v) is 16.4. The van der Waals surface area contributed by atoms with Crippen LogP contribution in [0.25, 0.3) is 0 Å². The van der Waals surface area contributed by atoms with Gasteiger partial charge in [-0.05, 0) is 43.5 Å². The molecular formula is C18H25N3O5S. The molecular weight excluding hydrogens is 370 g/mol. The van der Waals surface area contributed by atoms with Crippen molar-refractivity contribution >= 4 is 21.9 Å². The molecule has 0 aromatic heterocycles. The van der Waals surface area contributed by atoms with E-state index in [1.165, 1.54) is 29.6 Å². The van der Waals surface area contributed by atoms with Crippen molar-refractivity contribution in [2.75, 3.05) is 39.8 Å². The molecule has 27 heavy (non-hydrogen) atoms. The fourth-order valence-electron chi connectivity index (χ4n) is 3.72. The Morgan fingerprint density at radius 1 is 1.30 bits per heavy atom. The van der Waals surface area contributed by atoms with Crippen LogP contribution in [0.15, 0.2) is 23.1 Å². The molecule has 148 valence electrons. The number of rotatable bonds is 4. The van der Waals surface area contributed by atoms with E-state index in [1.54, 1.807) is 11.8 Å². The van der Waals surface area contributed by atoms with Gasteiger partial charge in [-0.3, -0.25) is 4.79 Å². The number of nitrogens with zero attached hydrogens (tertiary/aromatic N) is 2. The minimum Gasteiger partial charge on any atom is -0.465 e. The van der Waals surface area contributed by atoms with E-state index < -0.39 is 16.0 Å². The van der Waals surface area contributed by atoms with Gasteiger partial charge in [0.25, 0.3) is 0 Å². The first-order valence-electron chi connectivity index (χ1n) is 9.04. The molecule has 2 aliphatic rings. The fraction of sp³-hybridized carbons (Fsp3) is 0.556. The van der Waals surface area contributed by atoms with Gasteiger partial charge in [0.1, 0.15) is 0 Å². The van der Waals surface area contributed by atoms with E-state index in [4.69, 9.17) is 0 Å². The number of sulfonamides is 1. The van der Waals surface area contributed by atoms with Gasteiger partial charge in [-0.1, -0.05) is 0 Å². The summed E-state index contributed by atoms with van der Waals surface area (Å²) >= 11 is 0. The van der Waals surface area contributed by atoms with Crippen molar-refractivity contribution in [3.63, 3.8) is 0 Å². The van der Waals surface area contributed by atoms with Gasteiger partial charge in [-0.15, -0.1) is 0 Å². The molecule has 0 bridgehead atoms. The summed E-state index contributed by atoms with van der Waals surface area (Å²) in [5.74, 6) is -0.485. The van der Waals surface area contributed by atoms with Gasteiger partial charge >= 0.3 is 5.97 Å². The number of nitrogens with one attached hydrogen (secondary N) is 1. The Balaban J connectivity index is 1.82. The topological polar surface area (TPSA) is 96.0 Å². The average molecular weight is 395 g/mol. The van der Waals surface area contributed by atoms with Crippen molar-refractivity contribution in [3.05, 3.63) is 29.3 Å². The standard InChI is InChI=1S/C18H25N3O5S/c1-13-10-14(18(23)26-2)5-6-16(13)27(24,25)20-8-3-4-15(12-20)21-9-7-19-11-17(21)22/h5-6,10,15,19H,3-4,7-9,11-12H2,1-2H3. The molecule has 9 heteroatoms. The quantitative estimate of drug-likeness (QED) is 0.740. The molecule has 1 atom stereocenters. The largest absolute Gasteiger partial charge is 0.465 e. The molecule has 1 aromatic rings. The highest BCUT2D eigenvalue weighted by Crippen LogP contribution is 2.26. The summed E-state index contributed by atoms with van der Waals surface area (Å²) < 4.78 is 32.5. The number of piperidine rings is 1. The van der Waals surface area contributed by atoms with Crippen molar-refractivity contribution in [2.45, 2.75) is 30.7 Å². The van der Waals surface area contributed by atoms with Crippen LogP contribution in [0.4, 0.5) is 0 Å².